The summed E-state index contributed by atoms with van der Waals surface area (Å²) in [5, 5.41) is 31.5. The molecule has 1 aromatic carbocycles. The number of fused-ring (bicyclic) bond motifs is 2. The van der Waals surface area contributed by atoms with E-state index < -0.39 is 50.6 Å². The number of rotatable bonds is 11. The van der Waals surface area contributed by atoms with Crippen LogP contribution in [0.5, 0.6) is 11.5 Å². The van der Waals surface area contributed by atoms with E-state index in [0.29, 0.717) is 6.42 Å². The highest BCUT2D eigenvalue weighted by atomic mass is 16.3. The smallest absolute Gasteiger partial charge is 0.184 e. The molecule has 6 nitrogen and oxygen atoms in total. The first-order chi connectivity index (χ1) is 20.4. The quantitative estimate of drug-likeness (QED) is 0.0582. The number of phenols is 2. The summed E-state index contributed by atoms with van der Waals surface area (Å²) in [6.07, 6.45) is 9.94. The molecule has 0 heterocycles. The molecule has 2 aliphatic rings. The van der Waals surface area contributed by atoms with E-state index in [0.717, 1.165) is 42.0 Å². The molecule has 0 radical (unpaired) electrons. The number of carbonyl (C=O) groups is 3. The lowest BCUT2D eigenvalue weighted by Crippen LogP contribution is -2.69. The topological polar surface area (TPSA) is 112 Å². The average Bonchev–Trinajstić information content (AvgIpc) is 2.92. The van der Waals surface area contributed by atoms with Gasteiger partial charge in [0.05, 0.1) is 5.41 Å². The van der Waals surface area contributed by atoms with E-state index in [2.05, 4.69) is 19.6 Å². The van der Waals surface area contributed by atoms with Crippen molar-refractivity contribution in [2.75, 3.05) is 0 Å². The highest BCUT2D eigenvalue weighted by molar-refractivity contribution is 6.41. The van der Waals surface area contributed by atoms with Gasteiger partial charge in [-0.15, -0.1) is 6.58 Å². The van der Waals surface area contributed by atoms with Crippen LogP contribution in [0.3, 0.4) is 0 Å². The molecule has 6 heteroatoms. The molecule has 0 unspecified atom stereocenters. The molecule has 3 atom stereocenters. The van der Waals surface area contributed by atoms with Gasteiger partial charge >= 0.3 is 0 Å². The Morgan fingerprint density at radius 2 is 1.50 bits per heavy atom. The van der Waals surface area contributed by atoms with Gasteiger partial charge in [0.2, 0.25) is 0 Å². The molecule has 3 rings (SSSR count). The Balaban J connectivity index is 2.31. The molecule has 44 heavy (non-hydrogen) atoms. The van der Waals surface area contributed by atoms with E-state index in [1.807, 2.05) is 60.6 Å². The van der Waals surface area contributed by atoms with Crippen LogP contribution in [-0.4, -0.2) is 32.7 Å². The largest absolute Gasteiger partial charge is 0.506 e. The van der Waals surface area contributed by atoms with Crippen molar-refractivity contribution in [3.63, 3.8) is 0 Å². The molecular formula is C38H50O6. The van der Waals surface area contributed by atoms with Gasteiger partial charge in [0.25, 0.3) is 0 Å². The van der Waals surface area contributed by atoms with Crippen LogP contribution in [0.2, 0.25) is 0 Å². The van der Waals surface area contributed by atoms with E-state index in [1.54, 1.807) is 0 Å². The second kappa shape index (κ2) is 13.1. The zero-order chi connectivity index (χ0) is 33.2. The maximum absolute atomic E-state index is 14.9. The molecule has 238 valence electrons. The number of hydrogen-bond donors (Lipinski definition) is 3. The first kappa shape index (κ1) is 34.8. The number of phenolic OH excluding ortho intramolecular Hbond substituents is 2. The van der Waals surface area contributed by atoms with Gasteiger partial charge in [-0.05, 0) is 116 Å². The van der Waals surface area contributed by atoms with E-state index in [-0.39, 0.29) is 36.5 Å². The first-order valence-electron chi connectivity index (χ1n) is 15.6. The van der Waals surface area contributed by atoms with Crippen LogP contribution >= 0.6 is 0 Å². The second-order valence-corrected chi connectivity index (χ2v) is 14.1. The Morgan fingerprint density at radius 1 is 0.886 bits per heavy atom. The summed E-state index contributed by atoms with van der Waals surface area (Å²) in [6.45, 7) is 19.7. The third kappa shape index (κ3) is 6.27. The van der Waals surface area contributed by atoms with Crippen molar-refractivity contribution in [3.05, 3.63) is 76.4 Å². The van der Waals surface area contributed by atoms with Crippen LogP contribution in [0.1, 0.15) is 106 Å². The molecular weight excluding hydrogens is 552 g/mol. The number of allylic oxidation sites excluding steroid dienone is 8. The van der Waals surface area contributed by atoms with Gasteiger partial charge in [-0.25, -0.2) is 0 Å². The van der Waals surface area contributed by atoms with Crippen LogP contribution in [0.15, 0.2) is 70.9 Å². The van der Waals surface area contributed by atoms with Gasteiger partial charge in [0, 0.05) is 5.56 Å². The summed E-state index contributed by atoms with van der Waals surface area (Å²) >= 11 is 0. The van der Waals surface area contributed by atoms with Crippen molar-refractivity contribution >= 4 is 23.1 Å². The van der Waals surface area contributed by atoms with Crippen molar-refractivity contribution in [1.82, 2.24) is 0 Å². The summed E-state index contributed by atoms with van der Waals surface area (Å²) in [7, 11) is 0. The van der Waals surface area contributed by atoms with Crippen LogP contribution in [0, 0.1) is 22.2 Å². The molecule has 0 saturated heterocycles. The number of benzene rings is 1. The van der Waals surface area contributed by atoms with Gasteiger partial charge in [-0.2, -0.15) is 0 Å². The number of ketones is 3. The number of aliphatic hydroxyl groups excluding tert-OH is 1. The fourth-order valence-corrected chi connectivity index (χ4v) is 6.94. The molecule has 0 spiro atoms. The molecule has 0 aromatic heterocycles. The number of carbonyl (C=O) groups excluding carboxylic acids is 3. The van der Waals surface area contributed by atoms with Crippen molar-refractivity contribution in [3.8, 4) is 11.5 Å². The minimum absolute atomic E-state index is 0.0156. The predicted octanol–water partition coefficient (Wildman–Crippen LogP) is 8.90. The molecule has 2 aliphatic carbocycles. The highest BCUT2D eigenvalue weighted by Crippen LogP contribution is 2.65. The lowest BCUT2D eigenvalue weighted by molar-refractivity contribution is -0.176. The summed E-state index contributed by atoms with van der Waals surface area (Å²) in [4.78, 5) is 44.3. The van der Waals surface area contributed by atoms with Crippen LogP contribution in [0.25, 0.3) is 5.76 Å². The Bertz CT molecular complexity index is 1470. The Kier molecular flexibility index (Phi) is 10.4. The fourth-order valence-electron chi connectivity index (χ4n) is 6.94. The Labute approximate surface area is 263 Å². The van der Waals surface area contributed by atoms with Gasteiger partial charge in [-0.1, -0.05) is 54.4 Å². The zero-order valence-electron chi connectivity index (χ0n) is 27.8. The number of aliphatic hydroxyl groups is 1. The Morgan fingerprint density at radius 3 is 2.07 bits per heavy atom. The molecule has 2 fully saturated rings. The molecule has 3 N–H and O–H groups in total. The normalized spacial score (nSPS) is 25.9. The van der Waals surface area contributed by atoms with Gasteiger partial charge in [-0.3, -0.25) is 14.4 Å². The second-order valence-electron chi connectivity index (χ2n) is 14.1. The zero-order valence-corrected chi connectivity index (χ0v) is 27.8. The maximum atomic E-state index is 14.9. The minimum Gasteiger partial charge on any atom is -0.506 e. The molecule has 2 saturated carbocycles. The standard InChI is InChI=1S/C38H50O6/c1-23(2)11-10-12-26(7)13-15-28-22-37(19-17-24(3)4)33(42)31(32(41)27-14-16-29(39)30(40)21-27)34(43)38(35(37)44,36(28,8)9)20-18-25(5)6/h13-14,16-18,21,28,39-41H,1,10-12,15,19-20,22H2,2-9H3/b26-13+,32-31-/t28-,37-,38-/m0/s1. The number of hydrogen-bond acceptors (Lipinski definition) is 6. The molecule has 1 aromatic rings. The van der Waals surface area contributed by atoms with E-state index in [4.69, 9.17) is 0 Å². The lowest BCUT2D eigenvalue weighted by Gasteiger charge is -2.60. The molecule has 2 bridgehead atoms. The van der Waals surface area contributed by atoms with Crippen molar-refractivity contribution in [2.45, 2.75) is 100 Å². The lowest BCUT2D eigenvalue weighted by atomic mass is 9.38. The molecule has 0 amide bonds. The van der Waals surface area contributed by atoms with E-state index >= 15 is 0 Å². The number of aromatic hydroxyl groups is 2. The summed E-state index contributed by atoms with van der Waals surface area (Å²) < 4.78 is 0. The maximum Gasteiger partial charge on any atom is 0.184 e. The molecule has 0 aliphatic heterocycles. The summed E-state index contributed by atoms with van der Waals surface area (Å²) in [5.41, 5.74) is -0.129. The number of Topliss-reactive ketones (excluding diaryl/α,β-unsaturated/α-hetero) is 3. The van der Waals surface area contributed by atoms with Crippen molar-refractivity contribution in [2.24, 2.45) is 22.2 Å². The predicted molar refractivity (Wildman–Crippen MR) is 176 cm³/mol. The first-order valence-corrected chi connectivity index (χ1v) is 15.6. The third-order valence-electron chi connectivity index (χ3n) is 9.90. The van der Waals surface area contributed by atoms with Crippen LogP contribution < -0.4 is 0 Å². The van der Waals surface area contributed by atoms with Crippen LogP contribution in [0.4, 0.5) is 0 Å². The van der Waals surface area contributed by atoms with Gasteiger partial charge < -0.3 is 15.3 Å². The highest BCUT2D eigenvalue weighted by Gasteiger charge is 2.73. The Hall–Kier alpha value is -3.67. The van der Waals surface area contributed by atoms with E-state index in [9.17, 15) is 29.7 Å². The summed E-state index contributed by atoms with van der Waals surface area (Å²) in [6, 6.07) is 3.64. The monoisotopic (exact) mass is 602 g/mol. The van der Waals surface area contributed by atoms with Crippen molar-refractivity contribution < 1.29 is 29.7 Å². The average molecular weight is 603 g/mol. The minimum atomic E-state index is -1.60. The third-order valence-corrected chi connectivity index (χ3v) is 9.90. The SMILES string of the molecule is C=C(C)CCC/C(C)=C/C[C@H]1C[C@@]2(CC=C(C)C)C(=O)/C(=C(/O)c3ccc(O)c(O)c3)C(=O)[C@@](CC=C(C)C)(C2=O)C1(C)C. The van der Waals surface area contributed by atoms with Gasteiger partial charge in [0.1, 0.15) is 16.7 Å². The van der Waals surface area contributed by atoms with Crippen molar-refractivity contribution in [1.29, 1.82) is 0 Å². The van der Waals surface area contributed by atoms with E-state index in [1.165, 1.54) is 17.7 Å². The fraction of sp³-hybridized carbons (Fsp3) is 0.500. The van der Waals surface area contributed by atoms with Gasteiger partial charge in [0.15, 0.2) is 28.8 Å². The van der Waals surface area contributed by atoms with Crippen LogP contribution in [-0.2, 0) is 14.4 Å². The summed E-state index contributed by atoms with van der Waals surface area (Å²) in [5.74, 6) is -3.37.